The van der Waals surface area contributed by atoms with Gasteiger partial charge in [0.1, 0.15) is 12.6 Å². The van der Waals surface area contributed by atoms with Gasteiger partial charge in [-0.2, -0.15) is 0 Å². The van der Waals surface area contributed by atoms with E-state index in [2.05, 4.69) is 15.6 Å². The summed E-state index contributed by atoms with van der Waals surface area (Å²) in [6.45, 7) is 0.719. The van der Waals surface area contributed by atoms with E-state index in [1.54, 1.807) is 6.20 Å². The number of pyridine rings is 1. The summed E-state index contributed by atoms with van der Waals surface area (Å²) in [6.07, 6.45) is 7.70. The van der Waals surface area contributed by atoms with E-state index >= 15 is 0 Å². The lowest BCUT2D eigenvalue weighted by Crippen LogP contribution is -2.50. The van der Waals surface area contributed by atoms with Crippen molar-refractivity contribution in [1.82, 2.24) is 15.6 Å². The molecule has 2 aromatic carbocycles. The molecule has 0 aliphatic heterocycles. The van der Waals surface area contributed by atoms with Crippen LogP contribution in [0.5, 0.6) is 0 Å². The van der Waals surface area contributed by atoms with Gasteiger partial charge in [0.15, 0.2) is 0 Å². The van der Waals surface area contributed by atoms with Gasteiger partial charge in [-0.3, -0.25) is 9.78 Å². The summed E-state index contributed by atoms with van der Waals surface area (Å²) in [5.41, 5.74) is 8.27. The van der Waals surface area contributed by atoms with Crippen molar-refractivity contribution in [2.45, 2.75) is 44.4 Å². The maximum atomic E-state index is 13.4. The van der Waals surface area contributed by atoms with Crippen molar-refractivity contribution in [2.24, 2.45) is 5.73 Å². The second-order valence-electron chi connectivity index (χ2n) is 8.46. The zero-order valence-corrected chi connectivity index (χ0v) is 21.6. The Bertz CT molecular complexity index is 1080. The van der Waals surface area contributed by atoms with Gasteiger partial charge in [0.25, 0.3) is 0 Å². The molecule has 0 saturated carbocycles. The average Bonchev–Trinajstić information content (AvgIpc) is 2.92. The number of halogens is 1. The van der Waals surface area contributed by atoms with Crippen LogP contribution in [-0.4, -0.2) is 35.6 Å². The van der Waals surface area contributed by atoms with Crippen molar-refractivity contribution in [3.8, 4) is 0 Å². The van der Waals surface area contributed by atoms with Crippen LogP contribution in [0.25, 0.3) is 6.08 Å². The molecule has 0 radical (unpaired) electrons. The van der Waals surface area contributed by atoms with E-state index in [0.717, 1.165) is 36.1 Å². The van der Waals surface area contributed by atoms with Gasteiger partial charge in [0.2, 0.25) is 5.91 Å². The number of nitrogens with zero attached hydrogens (tertiary/aromatic N) is 1. The molecule has 3 aromatic rings. The lowest BCUT2D eigenvalue weighted by Gasteiger charge is -2.22. The summed E-state index contributed by atoms with van der Waals surface area (Å²) in [4.78, 5) is 30.2. The van der Waals surface area contributed by atoms with Crippen LogP contribution in [0.3, 0.4) is 0 Å². The number of aromatic nitrogens is 1. The molecule has 4 N–H and O–H groups in total. The number of rotatable bonds is 13. The van der Waals surface area contributed by atoms with Crippen molar-refractivity contribution < 1.29 is 14.3 Å². The fraction of sp³-hybridized carbons (Fsp3) is 0.276. The highest BCUT2D eigenvalue weighted by Gasteiger charge is 2.24. The van der Waals surface area contributed by atoms with Gasteiger partial charge in [-0.05, 0) is 55.1 Å². The maximum absolute atomic E-state index is 13.4. The monoisotopic (exact) mass is 522 g/mol. The molecule has 0 aliphatic carbocycles. The molecule has 3 rings (SSSR count). The molecule has 2 amide bonds. The first-order chi connectivity index (χ1) is 17.6. The normalized spacial score (nSPS) is 12.2. The molecule has 2 unspecified atom stereocenters. The van der Waals surface area contributed by atoms with Gasteiger partial charge < -0.3 is 21.1 Å². The van der Waals surface area contributed by atoms with Gasteiger partial charge in [-0.1, -0.05) is 72.8 Å². The van der Waals surface area contributed by atoms with E-state index in [9.17, 15) is 9.59 Å². The number of amides is 2. The summed E-state index contributed by atoms with van der Waals surface area (Å²) in [7, 11) is 0. The zero-order valence-electron chi connectivity index (χ0n) is 20.8. The molecule has 196 valence electrons. The third kappa shape index (κ3) is 11.3. The lowest BCUT2D eigenvalue weighted by molar-refractivity contribution is -0.123. The number of carbonyl (C=O) groups is 2. The zero-order chi connectivity index (χ0) is 25.4. The highest BCUT2D eigenvalue weighted by atomic mass is 35.5. The predicted molar refractivity (Wildman–Crippen MR) is 149 cm³/mol. The standard InChI is InChI=1S/C29H34N4O3.ClH/c30-19-9-7-16-26(18-17-25-15-8-10-20-31-25)32-28(34)27(21-23-11-3-1-4-12-23)33-29(35)36-22-24-13-5-2-6-14-24;/h1-6,8,10-15,17-18,20,26-27H,7,9,16,19,21-22,30H2,(H,32,34)(H,33,35);1H/b18-17+;. The second kappa shape index (κ2) is 16.9. The molecular formula is C29H35ClN4O3. The number of benzene rings is 2. The second-order valence-corrected chi connectivity index (χ2v) is 8.46. The predicted octanol–water partition coefficient (Wildman–Crippen LogP) is 4.67. The third-order valence-electron chi connectivity index (χ3n) is 5.59. The highest BCUT2D eigenvalue weighted by molar-refractivity contribution is 5.86. The number of nitrogens with two attached hydrogens (primary N) is 1. The minimum atomic E-state index is -0.795. The van der Waals surface area contributed by atoms with Gasteiger partial charge >= 0.3 is 6.09 Å². The van der Waals surface area contributed by atoms with Crippen molar-refractivity contribution >= 4 is 30.5 Å². The number of nitrogens with one attached hydrogen (secondary N) is 2. The molecule has 0 bridgehead atoms. The Balaban J connectivity index is 0.00000481. The van der Waals surface area contributed by atoms with Crippen molar-refractivity contribution in [1.29, 1.82) is 0 Å². The van der Waals surface area contributed by atoms with Gasteiger partial charge in [0.05, 0.1) is 5.69 Å². The van der Waals surface area contributed by atoms with Crippen LogP contribution >= 0.6 is 12.4 Å². The number of hydrogen-bond donors (Lipinski definition) is 3. The van der Waals surface area contributed by atoms with Crippen LogP contribution in [-0.2, 0) is 22.6 Å². The van der Waals surface area contributed by atoms with E-state index in [4.69, 9.17) is 10.5 Å². The SMILES string of the molecule is Cl.NCCCCC(/C=C/c1ccccn1)NC(=O)C(Cc1ccccc1)NC(=O)OCc1ccccc1. The highest BCUT2D eigenvalue weighted by Crippen LogP contribution is 2.09. The van der Waals surface area contributed by atoms with Crippen LogP contribution in [0.15, 0.2) is 91.1 Å². The fourth-order valence-corrected chi connectivity index (χ4v) is 3.66. The molecule has 0 fully saturated rings. The van der Waals surface area contributed by atoms with Crippen LogP contribution in [0.2, 0.25) is 0 Å². The third-order valence-corrected chi connectivity index (χ3v) is 5.59. The first kappa shape index (κ1) is 29.5. The van der Waals surface area contributed by atoms with Crippen LogP contribution in [0.1, 0.15) is 36.1 Å². The Hall–Kier alpha value is -3.68. The van der Waals surface area contributed by atoms with Crippen molar-refractivity contribution in [2.75, 3.05) is 6.54 Å². The van der Waals surface area contributed by atoms with E-state index in [0.29, 0.717) is 13.0 Å². The Labute approximate surface area is 224 Å². The fourth-order valence-electron chi connectivity index (χ4n) is 3.66. The van der Waals surface area contributed by atoms with Crippen LogP contribution in [0, 0.1) is 0 Å². The van der Waals surface area contributed by atoms with Gasteiger partial charge in [-0.15, -0.1) is 12.4 Å². The first-order valence-electron chi connectivity index (χ1n) is 12.2. The molecule has 1 heterocycles. The number of ether oxygens (including phenoxy) is 1. The molecule has 0 saturated heterocycles. The van der Waals surface area contributed by atoms with Gasteiger partial charge in [-0.25, -0.2) is 4.79 Å². The lowest BCUT2D eigenvalue weighted by atomic mass is 10.0. The van der Waals surface area contributed by atoms with Crippen molar-refractivity contribution in [3.63, 3.8) is 0 Å². The molecule has 7 nitrogen and oxygen atoms in total. The molecule has 0 spiro atoms. The molecule has 8 heteroatoms. The molecule has 0 aliphatic rings. The molecular weight excluding hydrogens is 488 g/mol. The molecule has 1 aromatic heterocycles. The van der Waals surface area contributed by atoms with Crippen LogP contribution in [0.4, 0.5) is 4.79 Å². The summed E-state index contributed by atoms with van der Waals surface area (Å²) in [5, 5.41) is 5.83. The van der Waals surface area contributed by atoms with E-state index in [1.165, 1.54) is 0 Å². The summed E-state index contributed by atoms with van der Waals surface area (Å²) >= 11 is 0. The largest absolute Gasteiger partial charge is 0.445 e. The van der Waals surface area contributed by atoms with E-state index in [-0.39, 0.29) is 31.0 Å². The molecule has 2 atom stereocenters. The van der Waals surface area contributed by atoms with E-state index < -0.39 is 12.1 Å². The van der Waals surface area contributed by atoms with Gasteiger partial charge in [0, 0.05) is 18.7 Å². The smallest absolute Gasteiger partial charge is 0.408 e. The minimum absolute atomic E-state index is 0. The number of unbranched alkanes of at least 4 members (excludes halogenated alkanes) is 1. The Morgan fingerprint density at radius 1 is 0.892 bits per heavy atom. The minimum Gasteiger partial charge on any atom is -0.445 e. The summed E-state index contributed by atoms with van der Waals surface area (Å²) in [5.74, 6) is -0.279. The number of hydrogen-bond acceptors (Lipinski definition) is 5. The van der Waals surface area contributed by atoms with Crippen molar-refractivity contribution in [3.05, 3.63) is 108 Å². The average molecular weight is 523 g/mol. The Morgan fingerprint density at radius 2 is 1.57 bits per heavy atom. The van der Waals surface area contributed by atoms with Crippen LogP contribution < -0.4 is 16.4 Å². The molecule has 37 heavy (non-hydrogen) atoms. The quantitative estimate of drug-likeness (QED) is 0.283. The summed E-state index contributed by atoms with van der Waals surface area (Å²) < 4.78 is 5.37. The Kier molecular flexibility index (Phi) is 13.5. The number of carbonyl (C=O) groups excluding carboxylic acids is 2. The Morgan fingerprint density at radius 3 is 2.22 bits per heavy atom. The first-order valence-corrected chi connectivity index (χ1v) is 12.2. The number of alkyl carbamates (subject to hydrolysis) is 1. The summed E-state index contributed by atoms with van der Waals surface area (Å²) in [6, 6.07) is 23.6. The maximum Gasteiger partial charge on any atom is 0.408 e. The van der Waals surface area contributed by atoms with E-state index in [1.807, 2.05) is 91.0 Å². The topological polar surface area (TPSA) is 106 Å².